The van der Waals surface area contributed by atoms with Crippen LogP contribution < -0.4 is 5.11 Å². The van der Waals surface area contributed by atoms with Crippen LogP contribution in [0.4, 0.5) is 5.69 Å². The zero-order chi connectivity index (χ0) is 19.0. The van der Waals surface area contributed by atoms with Crippen molar-refractivity contribution < 1.29 is 14.8 Å². The first kappa shape index (κ1) is 17.4. The molecule has 0 N–H and O–H groups in total. The summed E-state index contributed by atoms with van der Waals surface area (Å²) in [5.74, 6) is -0.676. The summed E-state index contributed by atoms with van der Waals surface area (Å²) < 4.78 is 0. The normalized spacial score (nSPS) is 16.4. The molecule has 0 bridgehead atoms. The highest BCUT2D eigenvalue weighted by Gasteiger charge is 2.35. The Labute approximate surface area is 162 Å². The number of nitrogens with zero attached hydrogens (tertiary/aromatic N) is 3. The number of thiophene rings is 2. The van der Waals surface area contributed by atoms with E-state index >= 15 is 0 Å². The van der Waals surface area contributed by atoms with Crippen molar-refractivity contribution in [3.63, 3.8) is 0 Å². The van der Waals surface area contributed by atoms with Crippen molar-refractivity contribution in [1.82, 2.24) is 5.01 Å². The number of carbonyl (C=O) groups is 1. The Kier molecular flexibility index (Phi) is 4.46. The molecule has 1 amide bonds. The highest BCUT2D eigenvalue weighted by molar-refractivity contribution is 7.12. The van der Waals surface area contributed by atoms with Crippen molar-refractivity contribution >= 4 is 40.0 Å². The maximum atomic E-state index is 12.9. The van der Waals surface area contributed by atoms with Gasteiger partial charge in [-0.05, 0) is 28.5 Å². The van der Waals surface area contributed by atoms with E-state index in [0.29, 0.717) is 17.0 Å². The second-order valence-corrected chi connectivity index (χ2v) is 7.75. The molecule has 7 nitrogen and oxygen atoms in total. The van der Waals surface area contributed by atoms with E-state index in [1.54, 1.807) is 17.5 Å². The molecule has 2 aromatic heterocycles. The van der Waals surface area contributed by atoms with Crippen LogP contribution in [0.25, 0.3) is 0 Å². The van der Waals surface area contributed by atoms with Crippen molar-refractivity contribution in [1.29, 1.82) is 0 Å². The topological polar surface area (TPSA) is 98.9 Å². The molecule has 0 fully saturated rings. The summed E-state index contributed by atoms with van der Waals surface area (Å²) in [6.07, 6.45) is 0.327. The Morgan fingerprint density at radius 1 is 1.19 bits per heavy atom. The average Bonchev–Trinajstić information content (AvgIpc) is 3.41. The third kappa shape index (κ3) is 3.22. The van der Waals surface area contributed by atoms with Crippen LogP contribution in [-0.4, -0.2) is 21.6 Å². The predicted molar refractivity (Wildman–Crippen MR) is 101 cm³/mol. The molecular formula is C18H12N3O4S2-. The van der Waals surface area contributed by atoms with Gasteiger partial charge < -0.3 is 5.11 Å². The molecule has 136 valence electrons. The zero-order valence-electron chi connectivity index (χ0n) is 13.8. The summed E-state index contributed by atoms with van der Waals surface area (Å²) in [7, 11) is 0. The summed E-state index contributed by atoms with van der Waals surface area (Å²) in [6.45, 7) is 0. The van der Waals surface area contributed by atoms with Gasteiger partial charge in [0.2, 0.25) is 0 Å². The fraction of sp³-hybridized carbons (Fsp3) is 0.111. The van der Waals surface area contributed by atoms with Gasteiger partial charge in [0.1, 0.15) is 0 Å². The molecule has 4 rings (SSSR count). The van der Waals surface area contributed by atoms with Gasteiger partial charge in [0.25, 0.3) is 11.6 Å². The van der Waals surface area contributed by atoms with Gasteiger partial charge in [-0.25, -0.2) is 5.01 Å². The van der Waals surface area contributed by atoms with E-state index in [4.69, 9.17) is 0 Å². The van der Waals surface area contributed by atoms with E-state index in [9.17, 15) is 20.0 Å². The minimum absolute atomic E-state index is 0.183. The summed E-state index contributed by atoms with van der Waals surface area (Å²) in [6, 6.07) is 10.1. The van der Waals surface area contributed by atoms with E-state index in [-0.39, 0.29) is 22.9 Å². The van der Waals surface area contributed by atoms with Crippen LogP contribution in [0.2, 0.25) is 0 Å². The van der Waals surface area contributed by atoms with Crippen molar-refractivity contribution in [2.75, 3.05) is 0 Å². The van der Waals surface area contributed by atoms with Gasteiger partial charge in [-0.1, -0.05) is 18.2 Å². The van der Waals surface area contributed by atoms with E-state index < -0.39 is 11.0 Å². The van der Waals surface area contributed by atoms with E-state index in [2.05, 4.69) is 5.10 Å². The highest BCUT2D eigenvalue weighted by atomic mass is 32.1. The number of nitro benzene ring substituents is 1. The van der Waals surface area contributed by atoms with Gasteiger partial charge in [0.15, 0.2) is 0 Å². The Balaban J connectivity index is 1.78. The maximum Gasteiger partial charge on any atom is 0.284 e. The summed E-state index contributed by atoms with van der Waals surface area (Å²) in [4.78, 5) is 24.9. The molecule has 1 aliphatic rings. The van der Waals surface area contributed by atoms with Gasteiger partial charge in [0.05, 0.1) is 26.4 Å². The average molecular weight is 398 g/mol. The Morgan fingerprint density at radius 3 is 2.63 bits per heavy atom. The van der Waals surface area contributed by atoms with E-state index in [0.717, 1.165) is 4.88 Å². The van der Waals surface area contributed by atoms with Crippen LogP contribution >= 0.6 is 22.7 Å². The largest absolute Gasteiger partial charge is 0.872 e. The molecule has 1 atom stereocenters. The second kappa shape index (κ2) is 6.93. The lowest BCUT2D eigenvalue weighted by molar-refractivity contribution is -0.385. The van der Waals surface area contributed by atoms with Crippen LogP contribution in [0.5, 0.6) is 5.75 Å². The first-order valence-corrected chi connectivity index (χ1v) is 9.74. The fourth-order valence-corrected chi connectivity index (χ4v) is 4.33. The number of hydrogen-bond donors (Lipinski definition) is 0. The molecular weight excluding hydrogens is 386 g/mol. The lowest BCUT2D eigenvalue weighted by atomic mass is 9.99. The van der Waals surface area contributed by atoms with Crippen molar-refractivity contribution in [3.8, 4) is 5.75 Å². The third-order valence-corrected chi connectivity index (χ3v) is 6.00. The van der Waals surface area contributed by atoms with Crippen molar-refractivity contribution in [3.05, 3.63) is 78.7 Å². The lowest BCUT2D eigenvalue weighted by Crippen LogP contribution is -2.27. The molecule has 1 aliphatic heterocycles. The lowest BCUT2D eigenvalue weighted by Gasteiger charge is -2.25. The Hall–Kier alpha value is -3.04. The minimum Gasteiger partial charge on any atom is -0.872 e. The molecule has 1 aromatic carbocycles. The maximum absolute atomic E-state index is 12.9. The number of amides is 1. The molecule has 9 heteroatoms. The van der Waals surface area contributed by atoms with Gasteiger partial charge >= 0.3 is 0 Å². The number of benzene rings is 1. The molecule has 3 heterocycles. The molecule has 0 saturated heterocycles. The van der Waals surface area contributed by atoms with Gasteiger partial charge in [-0.15, -0.1) is 28.4 Å². The van der Waals surface area contributed by atoms with Crippen LogP contribution in [0.1, 0.15) is 32.6 Å². The zero-order valence-corrected chi connectivity index (χ0v) is 15.4. The Morgan fingerprint density at radius 2 is 1.96 bits per heavy atom. The van der Waals surface area contributed by atoms with Gasteiger partial charge in [-0.2, -0.15) is 5.10 Å². The number of hydrogen-bond acceptors (Lipinski definition) is 7. The third-order valence-electron chi connectivity index (χ3n) is 4.22. The van der Waals surface area contributed by atoms with Crippen molar-refractivity contribution in [2.24, 2.45) is 5.10 Å². The summed E-state index contributed by atoms with van der Waals surface area (Å²) in [5, 5.41) is 33.0. The molecule has 27 heavy (non-hydrogen) atoms. The second-order valence-electron chi connectivity index (χ2n) is 5.85. The predicted octanol–water partition coefficient (Wildman–Crippen LogP) is 3.78. The molecule has 3 aromatic rings. The van der Waals surface area contributed by atoms with Crippen LogP contribution in [0, 0.1) is 10.1 Å². The number of non-ortho nitro benzene ring substituents is 1. The first-order valence-electron chi connectivity index (χ1n) is 7.98. The molecule has 0 spiro atoms. The van der Waals surface area contributed by atoms with E-state index in [1.165, 1.54) is 45.9 Å². The summed E-state index contributed by atoms with van der Waals surface area (Å²) >= 11 is 2.77. The Bertz CT molecular complexity index is 1030. The smallest absolute Gasteiger partial charge is 0.284 e. The van der Waals surface area contributed by atoms with Gasteiger partial charge in [-0.3, -0.25) is 14.9 Å². The molecule has 0 saturated carbocycles. The quantitative estimate of drug-likeness (QED) is 0.493. The van der Waals surface area contributed by atoms with Gasteiger partial charge in [0, 0.05) is 18.6 Å². The molecule has 0 radical (unpaired) electrons. The number of hydrazone groups is 1. The number of carbonyl (C=O) groups excluding carboxylic acids is 1. The molecule has 0 unspecified atom stereocenters. The van der Waals surface area contributed by atoms with Crippen LogP contribution in [0.15, 0.2) is 58.3 Å². The standard InChI is InChI=1S/C18H13N3O4S2/c22-15-6-5-11(21(24)25)9-12(15)14-10-13(16-3-1-7-26-16)19-20(14)18(23)17-4-2-8-27-17/h1-9,14,22H,10H2/p-1/t14-/m1/s1. The number of rotatable bonds is 4. The monoisotopic (exact) mass is 398 g/mol. The van der Waals surface area contributed by atoms with Crippen molar-refractivity contribution in [2.45, 2.75) is 12.5 Å². The number of nitro groups is 1. The first-order chi connectivity index (χ1) is 13.0. The van der Waals surface area contributed by atoms with Crippen LogP contribution in [-0.2, 0) is 0 Å². The fourth-order valence-electron chi connectivity index (χ4n) is 2.95. The van der Waals surface area contributed by atoms with Crippen LogP contribution in [0.3, 0.4) is 0 Å². The summed E-state index contributed by atoms with van der Waals surface area (Å²) in [5.41, 5.74) is 0.702. The highest BCUT2D eigenvalue weighted by Crippen LogP contribution is 2.39. The minimum atomic E-state index is -0.677. The SMILES string of the molecule is O=C(c1cccs1)N1N=C(c2cccs2)C[C@@H]1c1cc([N+](=O)[O-])ccc1[O-]. The molecule has 0 aliphatic carbocycles. The van der Waals surface area contributed by atoms with E-state index in [1.807, 2.05) is 17.5 Å².